The molecule has 2 aromatic rings. The second kappa shape index (κ2) is 3.70. The van der Waals surface area contributed by atoms with Gasteiger partial charge >= 0.3 is 0 Å². The highest BCUT2D eigenvalue weighted by atomic mass is 35.5. The van der Waals surface area contributed by atoms with Crippen LogP contribution in [-0.2, 0) is 5.41 Å². The molecule has 0 fully saturated rings. The number of hydrogen-bond donors (Lipinski definition) is 0. The SMILES string of the molecule is CC(C)(C)c1cnc(Cl)c2c(F)cccc12. The van der Waals surface area contributed by atoms with E-state index in [1.807, 2.05) is 6.07 Å². The number of pyridine rings is 1. The molecule has 84 valence electrons. The summed E-state index contributed by atoms with van der Waals surface area (Å²) in [5.41, 5.74) is 0.926. The Morgan fingerprint density at radius 2 is 1.94 bits per heavy atom. The van der Waals surface area contributed by atoms with Gasteiger partial charge in [-0.1, -0.05) is 44.5 Å². The van der Waals surface area contributed by atoms with Crippen molar-refractivity contribution in [3.05, 3.63) is 40.9 Å². The molecule has 2 rings (SSSR count). The van der Waals surface area contributed by atoms with Crippen molar-refractivity contribution in [2.45, 2.75) is 26.2 Å². The van der Waals surface area contributed by atoms with E-state index in [1.54, 1.807) is 12.3 Å². The van der Waals surface area contributed by atoms with Gasteiger partial charge < -0.3 is 0 Å². The number of fused-ring (bicyclic) bond motifs is 1. The minimum Gasteiger partial charge on any atom is -0.243 e. The summed E-state index contributed by atoms with van der Waals surface area (Å²) in [4.78, 5) is 4.06. The van der Waals surface area contributed by atoms with E-state index in [9.17, 15) is 4.39 Å². The van der Waals surface area contributed by atoms with E-state index >= 15 is 0 Å². The summed E-state index contributed by atoms with van der Waals surface area (Å²) < 4.78 is 13.7. The Morgan fingerprint density at radius 1 is 1.25 bits per heavy atom. The predicted octanol–water partition coefficient (Wildman–Crippen LogP) is 4.32. The Kier molecular flexibility index (Phi) is 2.62. The maximum absolute atomic E-state index is 13.7. The van der Waals surface area contributed by atoms with E-state index in [0.29, 0.717) is 5.39 Å². The highest BCUT2D eigenvalue weighted by molar-refractivity contribution is 6.34. The molecule has 1 heterocycles. The largest absolute Gasteiger partial charge is 0.243 e. The summed E-state index contributed by atoms with van der Waals surface area (Å²) in [7, 11) is 0. The van der Waals surface area contributed by atoms with Crippen LogP contribution in [0.3, 0.4) is 0 Å². The Morgan fingerprint density at radius 3 is 2.56 bits per heavy atom. The van der Waals surface area contributed by atoms with Gasteiger partial charge in [-0.15, -0.1) is 0 Å². The van der Waals surface area contributed by atoms with E-state index in [4.69, 9.17) is 11.6 Å². The molecule has 0 unspecified atom stereocenters. The number of hydrogen-bond acceptors (Lipinski definition) is 1. The lowest BCUT2D eigenvalue weighted by Gasteiger charge is -2.21. The van der Waals surface area contributed by atoms with Gasteiger partial charge in [-0.2, -0.15) is 0 Å². The fourth-order valence-electron chi connectivity index (χ4n) is 1.81. The Balaban J connectivity index is 2.90. The quantitative estimate of drug-likeness (QED) is 0.622. The van der Waals surface area contributed by atoms with Crippen molar-refractivity contribution in [1.82, 2.24) is 4.98 Å². The van der Waals surface area contributed by atoms with Gasteiger partial charge in [0.2, 0.25) is 0 Å². The summed E-state index contributed by atoms with van der Waals surface area (Å²) in [5.74, 6) is -0.318. The number of nitrogens with zero attached hydrogens (tertiary/aromatic N) is 1. The topological polar surface area (TPSA) is 12.9 Å². The summed E-state index contributed by atoms with van der Waals surface area (Å²) in [6, 6.07) is 4.98. The first kappa shape index (κ1) is 11.3. The van der Waals surface area contributed by atoms with Gasteiger partial charge in [0.15, 0.2) is 0 Å². The zero-order valence-electron chi connectivity index (χ0n) is 9.51. The van der Waals surface area contributed by atoms with E-state index < -0.39 is 0 Å². The monoisotopic (exact) mass is 237 g/mol. The third kappa shape index (κ3) is 1.78. The molecule has 1 nitrogen and oxygen atoms in total. The van der Waals surface area contributed by atoms with Gasteiger partial charge in [-0.05, 0) is 22.4 Å². The van der Waals surface area contributed by atoms with Crippen LogP contribution in [0.4, 0.5) is 4.39 Å². The van der Waals surface area contributed by atoms with Crippen molar-refractivity contribution in [2.75, 3.05) is 0 Å². The summed E-state index contributed by atoms with van der Waals surface area (Å²) in [6.45, 7) is 6.22. The Labute approximate surface area is 99.3 Å². The summed E-state index contributed by atoms with van der Waals surface area (Å²) in [6.07, 6.45) is 1.73. The lowest BCUT2D eigenvalue weighted by Crippen LogP contribution is -2.12. The molecular weight excluding hydrogens is 225 g/mol. The second-order valence-electron chi connectivity index (χ2n) is 4.88. The van der Waals surface area contributed by atoms with Crippen molar-refractivity contribution in [3.63, 3.8) is 0 Å². The zero-order valence-corrected chi connectivity index (χ0v) is 10.3. The van der Waals surface area contributed by atoms with Crippen LogP contribution in [0.1, 0.15) is 26.3 Å². The van der Waals surface area contributed by atoms with Gasteiger partial charge in [0.05, 0.1) is 5.39 Å². The second-order valence-corrected chi connectivity index (χ2v) is 5.23. The van der Waals surface area contributed by atoms with Crippen LogP contribution in [0.2, 0.25) is 5.15 Å². The van der Waals surface area contributed by atoms with E-state index in [-0.39, 0.29) is 16.4 Å². The van der Waals surface area contributed by atoms with E-state index in [2.05, 4.69) is 25.8 Å². The fraction of sp³-hybridized carbons (Fsp3) is 0.308. The molecule has 16 heavy (non-hydrogen) atoms. The average Bonchev–Trinajstić information content (AvgIpc) is 2.16. The van der Waals surface area contributed by atoms with E-state index in [1.165, 1.54) is 6.07 Å². The molecule has 0 saturated carbocycles. The molecule has 0 radical (unpaired) electrons. The molecule has 0 amide bonds. The molecular formula is C13H13ClFN. The Hall–Kier alpha value is -1.15. The van der Waals surface area contributed by atoms with Gasteiger partial charge in [-0.25, -0.2) is 9.37 Å². The minimum absolute atomic E-state index is 0.0797. The van der Waals surface area contributed by atoms with Crippen molar-refractivity contribution in [1.29, 1.82) is 0 Å². The normalized spacial score (nSPS) is 12.1. The predicted molar refractivity (Wildman–Crippen MR) is 65.4 cm³/mol. The zero-order chi connectivity index (χ0) is 11.9. The molecule has 0 bridgehead atoms. The van der Waals surface area contributed by atoms with Crippen molar-refractivity contribution >= 4 is 22.4 Å². The lowest BCUT2D eigenvalue weighted by atomic mass is 9.85. The van der Waals surface area contributed by atoms with Crippen molar-refractivity contribution in [2.24, 2.45) is 0 Å². The molecule has 0 atom stereocenters. The first-order valence-corrected chi connectivity index (χ1v) is 5.52. The highest BCUT2D eigenvalue weighted by Crippen LogP contribution is 2.33. The molecule has 0 spiro atoms. The fourth-order valence-corrected chi connectivity index (χ4v) is 2.05. The van der Waals surface area contributed by atoms with Crippen LogP contribution in [0.5, 0.6) is 0 Å². The third-order valence-electron chi connectivity index (χ3n) is 2.63. The molecule has 0 saturated heterocycles. The smallest absolute Gasteiger partial charge is 0.139 e. The van der Waals surface area contributed by atoms with Crippen LogP contribution < -0.4 is 0 Å². The van der Waals surface area contributed by atoms with Crippen LogP contribution in [-0.4, -0.2) is 4.98 Å². The molecule has 0 N–H and O–H groups in total. The van der Waals surface area contributed by atoms with Crippen LogP contribution in [0.15, 0.2) is 24.4 Å². The molecule has 1 aromatic heterocycles. The van der Waals surface area contributed by atoms with Crippen molar-refractivity contribution in [3.8, 4) is 0 Å². The summed E-state index contributed by atoms with van der Waals surface area (Å²) >= 11 is 5.93. The van der Waals surface area contributed by atoms with Crippen LogP contribution >= 0.6 is 11.6 Å². The first-order chi connectivity index (χ1) is 7.41. The number of aromatic nitrogens is 1. The highest BCUT2D eigenvalue weighted by Gasteiger charge is 2.19. The number of rotatable bonds is 0. The molecule has 1 aromatic carbocycles. The van der Waals surface area contributed by atoms with Gasteiger partial charge in [0, 0.05) is 6.20 Å². The summed E-state index contributed by atoms with van der Waals surface area (Å²) in [5, 5.41) is 1.48. The minimum atomic E-state index is -0.318. The first-order valence-electron chi connectivity index (χ1n) is 5.14. The van der Waals surface area contributed by atoms with Gasteiger partial charge in [0.25, 0.3) is 0 Å². The average molecular weight is 238 g/mol. The Bertz CT molecular complexity index is 535. The standard InChI is InChI=1S/C13H13ClFN/c1-13(2,3)9-7-16-12(14)11-8(9)5-4-6-10(11)15/h4-7H,1-3H3. The van der Waals surface area contributed by atoms with E-state index in [0.717, 1.165) is 10.9 Å². The lowest BCUT2D eigenvalue weighted by molar-refractivity contribution is 0.592. The van der Waals surface area contributed by atoms with Crippen LogP contribution in [0, 0.1) is 5.82 Å². The van der Waals surface area contributed by atoms with Crippen LogP contribution in [0.25, 0.3) is 10.8 Å². The number of benzene rings is 1. The van der Waals surface area contributed by atoms with Crippen molar-refractivity contribution < 1.29 is 4.39 Å². The maximum Gasteiger partial charge on any atom is 0.139 e. The van der Waals surface area contributed by atoms with Gasteiger partial charge in [-0.3, -0.25) is 0 Å². The molecule has 0 aliphatic carbocycles. The number of halogens is 2. The molecule has 0 aliphatic rings. The maximum atomic E-state index is 13.7. The van der Waals surface area contributed by atoms with Gasteiger partial charge in [0.1, 0.15) is 11.0 Å². The third-order valence-corrected chi connectivity index (χ3v) is 2.91. The molecule has 3 heteroatoms. The molecule has 0 aliphatic heterocycles.